The molecule has 182 valence electrons. The molecule has 3 heterocycles. The molecule has 5 rings (SSSR count). The molecule has 1 atom stereocenters. The van der Waals surface area contributed by atoms with Crippen molar-refractivity contribution < 1.29 is 17.9 Å². The van der Waals surface area contributed by atoms with Gasteiger partial charge in [-0.25, -0.2) is 13.4 Å². The Morgan fingerprint density at radius 2 is 1.82 bits per heavy atom. The number of sulfonamides is 1. The second-order valence-corrected chi connectivity index (χ2v) is 11.6. The van der Waals surface area contributed by atoms with E-state index >= 15 is 0 Å². The van der Waals surface area contributed by atoms with E-state index in [0.29, 0.717) is 31.8 Å². The van der Waals surface area contributed by atoms with Crippen LogP contribution in [-0.2, 0) is 38.2 Å². The van der Waals surface area contributed by atoms with Gasteiger partial charge < -0.3 is 14.0 Å². The van der Waals surface area contributed by atoms with Crippen LogP contribution in [0.1, 0.15) is 30.9 Å². The molecule has 9 heteroatoms. The summed E-state index contributed by atoms with van der Waals surface area (Å²) in [6, 6.07) is 14.0. The second kappa shape index (κ2) is 10.4. The molecule has 2 fully saturated rings. The third-order valence-corrected chi connectivity index (χ3v) is 9.44. The number of ether oxygens (including phenoxy) is 2. The van der Waals surface area contributed by atoms with E-state index in [-0.39, 0.29) is 11.0 Å². The minimum absolute atomic E-state index is 0.164. The van der Waals surface area contributed by atoms with E-state index in [1.54, 1.807) is 23.9 Å². The number of benzene rings is 2. The van der Waals surface area contributed by atoms with Gasteiger partial charge in [-0.1, -0.05) is 43.0 Å². The SMILES string of the molecule is CCc1ccc(CSc2nc3cc(S(=O)(=O)N4CCOCC4)ccc3n2C[C@@H]2CCCO2)cc1. The summed E-state index contributed by atoms with van der Waals surface area (Å²) in [6.45, 7) is 5.30. The monoisotopic (exact) mass is 501 g/mol. The first-order valence-electron chi connectivity index (χ1n) is 11.9. The van der Waals surface area contributed by atoms with Crippen molar-refractivity contribution in [2.24, 2.45) is 0 Å². The number of hydrogen-bond acceptors (Lipinski definition) is 6. The Morgan fingerprint density at radius 3 is 2.53 bits per heavy atom. The predicted octanol–water partition coefficient (Wildman–Crippen LogP) is 4.09. The molecule has 34 heavy (non-hydrogen) atoms. The molecular weight excluding hydrogens is 470 g/mol. The van der Waals surface area contributed by atoms with Crippen LogP contribution in [0.5, 0.6) is 0 Å². The van der Waals surface area contributed by atoms with Crippen molar-refractivity contribution in [3.8, 4) is 0 Å². The van der Waals surface area contributed by atoms with Crippen LogP contribution in [0.4, 0.5) is 0 Å². The number of fused-ring (bicyclic) bond motifs is 1. The fourth-order valence-electron chi connectivity index (χ4n) is 4.48. The molecule has 0 spiro atoms. The summed E-state index contributed by atoms with van der Waals surface area (Å²) < 4.78 is 41.3. The summed E-state index contributed by atoms with van der Waals surface area (Å²) in [5, 5.41) is 0.894. The summed E-state index contributed by atoms with van der Waals surface area (Å²) in [5.74, 6) is 0.803. The Morgan fingerprint density at radius 1 is 1.06 bits per heavy atom. The van der Waals surface area contributed by atoms with Gasteiger partial charge in [-0.3, -0.25) is 0 Å². The zero-order valence-electron chi connectivity index (χ0n) is 19.5. The number of aromatic nitrogens is 2. The molecule has 2 aliphatic heterocycles. The highest BCUT2D eigenvalue weighted by molar-refractivity contribution is 7.98. The highest BCUT2D eigenvalue weighted by Crippen LogP contribution is 2.31. The van der Waals surface area contributed by atoms with Crippen molar-refractivity contribution in [1.82, 2.24) is 13.9 Å². The van der Waals surface area contributed by atoms with Crippen LogP contribution in [0.2, 0.25) is 0 Å². The fraction of sp³-hybridized carbons (Fsp3) is 0.480. The topological polar surface area (TPSA) is 73.7 Å². The Hall–Kier alpha value is -1.91. The lowest BCUT2D eigenvalue weighted by Crippen LogP contribution is -2.40. The van der Waals surface area contributed by atoms with Crippen LogP contribution < -0.4 is 0 Å². The van der Waals surface area contributed by atoms with Crippen LogP contribution in [0.15, 0.2) is 52.5 Å². The molecule has 0 bridgehead atoms. The summed E-state index contributed by atoms with van der Waals surface area (Å²) in [7, 11) is -3.57. The number of imidazole rings is 1. The van der Waals surface area contributed by atoms with Gasteiger partial charge in [-0.2, -0.15) is 4.31 Å². The average molecular weight is 502 g/mol. The number of thioether (sulfide) groups is 1. The van der Waals surface area contributed by atoms with Crippen LogP contribution in [0, 0.1) is 0 Å². The lowest BCUT2D eigenvalue weighted by atomic mass is 10.1. The lowest BCUT2D eigenvalue weighted by Gasteiger charge is -2.26. The fourth-order valence-corrected chi connectivity index (χ4v) is 6.89. The van der Waals surface area contributed by atoms with Crippen molar-refractivity contribution in [2.75, 3.05) is 32.9 Å². The highest BCUT2D eigenvalue weighted by Gasteiger charge is 2.27. The standard InChI is InChI=1S/C25H31N3O4S2/c1-2-19-5-7-20(8-6-19)18-33-25-26-23-16-22(34(29,30)27-11-14-31-15-12-27)9-10-24(23)28(25)17-21-4-3-13-32-21/h5-10,16,21H,2-4,11-15,17-18H2,1H3/t21-/m0/s1. The van der Waals surface area contributed by atoms with E-state index in [4.69, 9.17) is 14.5 Å². The van der Waals surface area contributed by atoms with Gasteiger partial charge in [0.25, 0.3) is 0 Å². The molecule has 0 aliphatic carbocycles. The second-order valence-electron chi connectivity index (χ2n) is 8.77. The minimum Gasteiger partial charge on any atom is -0.379 e. The van der Waals surface area contributed by atoms with Crippen LogP contribution >= 0.6 is 11.8 Å². The number of nitrogens with zero attached hydrogens (tertiary/aromatic N) is 3. The van der Waals surface area contributed by atoms with Gasteiger partial charge in [0.05, 0.1) is 41.8 Å². The Bertz CT molecular complexity index is 1230. The molecule has 3 aromatic rings. The molecule has 2 saturated heterocycles. The molecule has 0 radical (unpaired) electrons. The van der Waals surface area contributed by atoms with Crippen LogP contribution in [-0.4, -0.2) is 61.3 Å². The van der Waals surface area contributed by atoms with Crippen LogP contribution in [0.3, 0.4) is 0 Å². The van der Waals surface area contributed by atoms with Gasteiger partial charge in [0.1, 0.15) is 0 Å². The lowest BCUT2D eigenvalue weighted by molar-refractivity contribution is 0.0730. The van der Waals surface area contributed by atoms with Gasteiger partial charge in [-0.15, -0.1) is 0 Å². The molecule has 2 aromatic carbocycles. The maximum Gasteiger partial charge on any atom is 0.243 e. The predicted molar refractivity (Wildman–Crippen MR) is 134 cm³/mol. The minimum atomic E-state index is -3.57. The van der Waals surface area contributed by atoms with E-state index in [1.165, 1.54) is 15.4 Å². The van der Waals surface area contributed by atoms with E-state index in [1.807, 2.05) is 6.07 Å². The first kappa shape index (κ1) is 23.8. The zero-order chi connectivity index (χ0) is 23.5. The van der Waals surface area contributed by atoms with Gasteiger partial charge >= 0.3 is 0 Å². The van der Waals surface area contributed by atoms with E-state index in [2.05, 4.69) is 35.8 Å². The summed E-state index contributed by atoms with van der Waals surface area (Å²) in [6.07, 6.45) is 3.30. The summed E-state index contributed by atoms with van der Waals surface area (Å²) in [5.41, 5.74) is 4.22. The third-order valence-electron chi connectivity index (χ3n) is 6.50. The van der Waals surface area contributed by atoms with Gasteiger partial charge in [0.15, 0.2) is 5.16 Å². The molecule has 2 aliphatic rings. The largest absolute Gasteiger partial charge is 0.379 e. The smallest absolute Gasteiger partial charge is 0.243 e. The molecule has 0 saturated carbocycles. The molecule has 1 aromatic heterocycles. The van der Waals surface area contributed by atoms with Crippen molar-refractivity contribution in [2.45, 2.75) is 54.6 Å². The third kappa shape index (κ3) is 5.04. The van der Waals surface area contributed by atoms with E-state index in [0.717, 1.165) is 48.8 Å². The maximum absolute atomic E-state index is 13.2. The van der Waals surface area contributed by atoms with E-state index < -0.39 is 10.0 Å². The molecular formula is C25H31N3O4S2. The number of morpholine rings is 1. The summed E-state index contributed by atoms with van der Waals surface area (Å²) in [4.78, 5) is 5.17. The Balaban J connectivity index is 1.45. The average Bonchev–Trinajstić information content (AvgIpc) is 3.51. The molecule has 0 N–H and O–H groups in total. The zero-order valence-corrected chi connectivity index (χ0v) is 21.1. The van der Waals surface area contributed by atoms with Crippen molar-refractivity contribution in [3.05, 3.63) is 53.6 Å². The Kier molecular flexibility index (Phi) is 7.27. The number of rotatable bonds is 8. The molecule has 7 nitrogen and oxygen atoms in total. The first-order chi connectivity index (χ1) is 16.5. The maximum atomic E-state index is 13.2. The van der Waals surface area contributed by atoms with Crippen LogP contribution in [0.25, 0.3) is 11.0 Å². The van der Waals surface area contributed by atoms with Crippen molar-refractivity contribution >= 4 is 32.8 Å². The first-order valence-corrected chi connectivity index (χ1v) is 14.4. The van der Waals surface area contributed by atoms with Gasteiger partial charge in [0.2, 0.25) is 10.0 Å². The molecule has 0 unspecified atom stereocenters. The normalized spacial score (nSPS) is 19.7. The Labute approximate surface area is 205 Å². The van der Waals surface area contributed by atoms with E-state index in [9.17, 15) is 8.42 Å². The van der Waals surface area contributed by atoms with Crippen molar-refractivity contribution in [3.63, 3.8) is 0 Å². The summed E-state index contributed by atoms with van der Waals surface area (Å²) >= 11 is 1.68. The number of hydrogen-bond donors (Lipinski definition) is 0. The highest BCUT2D eigenvalue weighted by atomic mass is 32.2. The van der Waals surface area contributed by atoms with Crippen molar-refractivity contribution in [1.29, 1.82) is 0 Å². The van der Waals surface area contributed by atoms with Gasteiger partial charge in [0, 0.05) is 25.4 Å². The quantitative estimate of drug-likeness (QED) is 0.433. The molecule has 0 amide bonds. The van der Waals surface area contributed by atoms with Gasteiger partial charge in [-0.05, 0) is 48.6 Å². The number of aryl methyl sites for hydroxylation is 1.